The zero-order valence-corrected chi connectivity index (χ0v) is 15.4. The third-order valence-corrected chi connectivity index (χ3v) is 6.08. The zero-order chi connectivity index (χ0) is 16.8. The van der Waals surface area contributed by atoms with E-state index in [0.29, 0.717) is 10.6 Å². The van der Waals surface area contributed by atoms with E-state index < -0.39 is 15.6 Å². The van der Waals surface area contributed by atoms with Crippen molar-refractivity contribution in [1.29, 1.82) is 0 Å². The van der Waals surface area contributed by atoms with Crippen LogP contribution in [-0.2, 0) is 10.0 Å². The maximum absolute atomic E-state index is 12.6. The minimum absolute atomic E-state index is 0.182. The molecular weight excluding hydrogens is 402 g/mol. The van der Waals surface area contributed by atoms with Gasteiger partial charge in [-0.1, -0.05) is 15.9 Å². The van der Waals surface area contributed by atoms with Crippen LogP contribution in [-0.4, -0.2) is 17.8 Å². The van der Waals surface area contributed by atoms with Gasteiger partial charge in [0.1, 0.15) is 0 Å². The zero-order valence-electron chi connectivity index (χ0n) is 12.2. The van der Waals surface area contributed by atoms with E-state index in [1.165, 1.54) is 22.7 Å². The molecule has 1 N–H and O–H groups in total. The van der Waals surface area contributed by atoms with Crippen molar-refractivity contribution in [3.63, 3.8) is 0 Å². The van der Waals surface area contributed by atoms with Crippen molar-refractivity contribution in [2.75, 3.05) is 4.72 Å². The van der Waals surface area contributed by atoms with Gasteiger partial charge in [-0.2, -0.15) is 0 Å². The largest absolute Gasteiger partial charge is 0.279 e. The standard InChI is InChI=1S/C14H12BrN3O3S2/c1-8-7-18-13(19)12(9(2)16-14(18)22-8)23(20,21)17-11-5-3-10(15)4-6-11/h3-7,17H,1-2H3. The van der Waals surface area contributed by atoms with Crippen LogP contribution in [0.25, 0.3) is 4.96 Å². The first-order chi connectivity index (χ1) is 10.8. The normalized spacial score (nSPS) is 11.8. The quantitative estimate of drug-likeness (QED) is 0.715. The number of anilines is 1. The summed E-state index contributed by atoms with van der Waals surface area (Å²) in [5.41, 5.74) is -0.0403. The smallest absolute Gasteiger partial charge is 0.279 e. The van der Waals surface area contributed by atoms with E-state index in [1.54, 1.807) is 30.5 Å². The number of fused-ring (bicyclic) bond motifs is 1. The van der Waals surface area contributed by atoms with Crippen molar-refractivity contribution < 1.29 is 8.42 Å². The number of nitrogens with zero attached hydrogens (tertiary/aromatic N) is 2. The van der Waals surface area contributed by atoms with Gasteiger partial charge in [0.2, 0.25) is 0 Å². The van der Waals surface area contributed by atoms with Crippen LogP contribution in [0.4, 0.5) is 5.69 Å². The van der Waals surface area contributed by atoms with Crippen LogP contribution in [0.3, 0.4) is 0 Å². The number of nitrogens with one attached hydrogen (secondary N) is 1. The van der Waals surface area contributed by atoms with E-state index >= 15 is 0 Å². The molecule has 0 bridgehead atoms. The fourth-order valence-corrected chi connectivity index (χ4v) is 4.61. The van der Waals surface area contributed by atoms with Crippen molar-refractivity contribution in [3.8, 4) is 0 Å². The summed E-state index contributed by atoms with van der Waals surface area (Å²) in [6.45, 7) is 3.36. The molecule has 1 aromatic carbocycles. The third kappa shape index (κ3) is 3.04. The summed E-state index contributed by atoms with van der Waals surface area (Å²) >= 11 is 4.62. The molecule has 3 aromatic rings. The van der Waals surface area contributed by atoms with Crippen molar-refractivity contribution in [2.45, 2.75) is 18.7 Å². The topological polar surface area (TPSA) is 80.5 Å². The monoisotopic (exact) mass is 413 g/mol. The second kappa shape index (κ2) is 5.73. The van der Waals surface area contributed by atoms with E-state index in [1.807, 2.05) is 6.92 Å². The number of rotatable bonds is 3. The second-order valence-corrected chi connectivity index (χ2v) is 8.69. The second-order valence-electron chi connectivity index (χ2n) is 4.94. The van der Waals surface area contributed by atoms with Crippen LogP contribution in [0, 0.1) is 13.8 Å². The lowest BCUT2D eigenvalue weighted by atomic mass is 10.3. The third-order valence-electron chi connectivity index (χ3n) is 3.14. The summed E-state index contributed by atoms with van der Waals surface area (Å²) in [5.74, 6) is 0. The molecule has 0 saturated heterocycles. The van der Waals surface area contributed by atoms with Gasteiger partial charge in [0.25, 0.3) is 15.6 Å². The molecule has 0 aliphatic rings. The van der Waals surface area contributed by atoms with Crippen LogP contribution in [0.1, 0.15) is 10.6 Å². The number of thiazole rings is 1. The Balaban J connectivity index is 2.14. The molecule has 2 heterocycles. The predicted octanol–water partition coefficient (Wildman–Crippen LogP) is 2.94. The maximum atomic E-state index is 12.6. The van der Waals surface area contributed by atoms with E-state index in [0.717, 1.165) is 9.35 Å². The molecule has 0 aliphatic heterocycles. The number of sulfonamides is 1. The highest BCUT2D eigenvalue weighted by Gasteiger charge is 2.24. The number of halogens is 1. The molecule has 0 amide bonds. The average molecular weight is 414 g/mol. The Morgan fingerprint density at radius 1 is 1.22 bits per heavy atom. The van der Waals surface area contributed by atoms with Gasteiger partial charge in [0, 0.05) is 21.2 Å². The van der Waals surface area contributed by atoms with Crippen LogP contribution in [0.2, 0.25) is 0 Å². The summed E-state index contributed by atoms with van der Waals surface area (Å²) in [6, 6.07) is 6.63. The van der Waals surface area contributed by atoms with E-state index in [4.69, 9.17) is 0 Å². The number of aromatic nitrogens is 2. The fourth-order valence-electron chi connectivity index (χ4n) is 2.17. The summed E-state index contributed by atoms with van der Waals surface area (Å²) in [7, 11) is -4.03. The summed E-state index contributed by atoms with van der Waals surface area (Å²) in [6.07, 6.45) is 1.59. The van der Waals surface area contributed by atoms with Crippen LogP contribution < -0.4 is 10.3 Å². The number of hydrogen-bond donors (Lipinski definition) is 1. The highest BCUT2D eigenvalue weighted by molar-refractivity contribution is 9.10. The molecule has 0 fully saturated rings. The molecule has 0 saturated carbocycles. The van der Waals surface area contributed by atoms with Gasteiger partial charge >= 0.3 is 0 Å². The van der Waals surface area contributed by atoms with Crippen molar-refractivity contribution >= 4 is 47.9 Å². The van der Waals surface area contributed by atoms with Crippen LogP contribution in [0.5, 0.6) is 0 Å². The van der Waals surface area contributed by atoms with Crippen molar-refractivity contribution in [1.82, 2.24) is 9.38 Å². The first-order valence-electron chi connectivity index (χ1n) is 6.56. The van der Waals surface area contributed by atoms with Gasteiger partial charge in [-0.3, -0.25) is 13.9 Å². The fraction of sp³-hybridized carbons (Fsp3) is 0.143. The maximum Gasteiger partial charge on any atom is 0.279 e. The number of hydrogen-bond acceptors (Lipinski definition) is 5. The molecule has 6 nitrogen and oxygen atoms in total. The van der Waals surface area contributed by atoms with Gasteiger partial charge in [-0.05, 0) is 38.1 Å². The van der Waals surface area contributed by atoms with Gasteiger partial charge in [0.15, 0.2) is 9.86 Å². The average Bonchev–Trinajstić information content (AvgIpc) is 2.81. The molecule has 9 heteroatoms. The van der Waals surface area contributed by atoms with Gasteiger partial charge in [-0.25, -0.2) is 13.4 Å². The lowest BCUT2D eigenvalue weighted by molar-refractivity contribution is 0.598. The van der Waals surface area contributed by atoms with Crippen molar-refractivity contribution in [3.05, 3.63) is 55.9 Å². The minimum atomic E-state index is -4.03. The molecule has 0 aliphatic carbocycles. The molecule has 3 rings (SSSR count). The number of benzene rings is 1. The highest BCUT2D eigenvalue weighted by Crippen LogP contribution is 2.20. The Kier molecular flexibility index (Phi) is 4.03. The SMILES string of the molecule is Cc1cn2c(=O)c(S(=O)(=O)Nc3ccc(Br)cc3)c(C)nc2s1. The molecule has 23 heavy (non-hydrogen) atoms. The lowest BCUT2D eigenvalue weighted by Gasteiger charge is -2.09. The molecular formula is C14H12BrN3O3S2. The Morgan fingerprint density at radius 3 is 2.52 bits per heavy atom. The highest BCUT2D eigenvalue weighted by atomic mass is 79.9. The Hall–Kier alpha value is -1.71. The van der Waals surface area contributed by atoms with Gasteiger partial charge in [-0.15, -0.1) is 11.3 Å². The minimum Gasteiger partial charge on any atom is -0.279 e. The first kappa shape index (κ1) is 16.2. The van der Waals surface area contributed by atoms with E-state index in [2.05, 4.69) is 25.6 Å². The number of aryl methyl sites for hydroxylation is 2. The molecule has 0 spiro atoms. The molecule has 120 valence electrons. The van der Waals surface area contributed by atoms with Crippen LogP contribution >= 0.6 is 27.3 Å². The Bertz CT molecular complexity index is 1050. The summed E-state index contributed by atoms with van der Waals surface area (Å²) < 4.78 is 29.7. The van der Waals surface area contributed by atoms with E-state index in [-0.39, 0.29) is 10.6 Å². The summed E-state index contributed by atoms with van der Waals surface area (Å²) in [5, 5.41) is 0. The Morgan fingerprint density at radius 2 is 1.87 bits per heavy atom. The molecule has 0 radical (unpaired) electrons. The first-order valence-corrected chi connectivity index (χ1v) is 9.65. The van der Waals surface area contributed by atoms with Crippen LogP contribution in [0.15, 0.2) is 44.6 Å². The molecule has 2 aromatic heterocycles. The molecule has 0 unspecified atom stereocenters. The van der Waals surface area contributed by atoms with Gasteiger partial charge in [0.05, 0.1) is 5.69 Å². The Labute approximate surface area is 145 Å². The lowest BCUT2D eigenvalue weighted by Crippen LogP contribution is -2.27. The van der Waals surface area contributed by atoms with Crippen molar-refractivity contribution in [2.24, 2.45) is 0 Å². The van der Waals surface area contributed by atoms with Gasteiger partial charge < -0.3 is 0 Å². The predicted molar refractivity (Wildman–Crippen MR) is 93.8 cm³/mol. The summed E-state index contributed by atoms with van der Waals surface area (Å²) in [4.78, 5) is 17.8. The molecule has 0 atom stereocenters. The van der Waals surface area contributed by atoms with E-state index in [9.17, 15) is 13.2 Å².